The first-order valence-corrected chi connectivity index (χ1v) is 8.51. The van der Waals surface area contributed by atoms with Crippen molar-refractivity contribution in [1.29, 1.82) is 0 Å². The first-order chi connectivity index (χ1) is 14.8. The average Bonchev–Trinajstić information content (AvgIpc) is 2.66. The molecule has 0 amide bonds. The number of hydrogen-bond acceptors (Lipinski definition) is 2. The van der Waals surface area contributed by atoms with E-state index in [2.05, 4.69) is 4.74 Å². The molecule has 0 heterocycles. The maximum Gasteiger partial charge on any atom is 0.426 e. The summed E-state index contributed by atoms with van der Waals surface area (Å²) in [6.07, 6.45) is -9.38. The van der Waals surface area contributed by atoms with Crippen molar-refractivity contribution < 1.29 is 49.0 Å². The standard InChI is InChI=1S/C21H9F9O2/c22-15-7-12(2-1-10(15)9-31)21(29,30)32-13-3-4-14(16(23)8-13)11-5-17(24)19(18(25)6-11)20(26,27)28/h1-9H. The van der Waals surface area contributed by atoms with Gasteiger partial charge in [-0.3, -0.25) is 4.79 Å². The zero-order valence-electron chi connectivity index (χ0n) is 15.4. The molecule has 3 aromatic carbocycles. The van der Waals surface area contributed by atoms with Crippen molar-refractivity contribution in [3.8, 4) is 16.9 Å². The highest BCUT2D eigenvalue weighted by molar-refractivity contribution is 5.75. The summed E-state index contributed by atoms with van der Waals surface area (Å²) in [6.45, 7) is 0. The zero-order chi connectivity index (χ0) is 23.8. The van der Waals surface area contributed by atoms with E-state index in [4.69, 9.17) is 0 Å². The average molecular weight is 464 g/mol. The highest BCUT2D eigenvalue weighted by Crippen LogP contribution is 2.38. The van der Waals surface area contributed by atoms with Crippen LogP contribution in [0.1, 0.15) is 21.5 Å². The minimum Gasteiger partial charge on any atom is -0.429 e. The van der Waals surface area contributed by atoms with Gasteiger partial charge in [-0.1, -0.05) is 0 Å². The Morgan fingerprint density at radius 3 is 1.84 bits per heavy atom. The van der Waals surface area contributed by atoms with Gasteiger partial charge < -0.3 is 4.74 Å². The van der Waals surface area contributed by atoms with Gasteiger partial charge in [-0.15, -0.1) is 0 Å². The molecule has 0 saturated heterocycles. The smallest absolute Gasteiger partial charge is 0.426 e. The van der Waals surface area contributed by atoms with Crippen LogP contribution in [0.15, 0.2) is 48.5 Å². The van der Waals surface area contributed by atoms with Crippen LogP contribution in [0.25, 0.3) is 11.1 Å². The highest BCUT2D eigenvalue weighted by Gasteiger charge is 2.38. The molecule has 0 fully saturated rings. The van der Waals surface area contributed by atoms with Crippen molar-refractivity contribution >= 4 is 6.29 Å². The molecule has 0 atom stereocenters. The number of carbonyl (C=O) groups excluding carboxylic acids is 1. The minimum absolute atomic E-state index is 0.110. The maximum absolute atomic E-state index is 14.4. The van der Waals surface area contributed by atoms with E-state index in [9.17, 15) is 44.3 Å². The van der Waals surface area contributed by atoms with E-state index in [1.807, 2.05) is 0 Å². The molecule has 0 N–H and O–H groups in total. The summed E-state index contributed by atoms with van der Waals surface area (Å²) in [5.41, 5.74) is -4.83. The van der Waals surface area contributed by atoms with Gasteiger partial charge in [0.25, 0.3) is 0 Å². The van der Waals surface area contributed by atoms with Crippen LogP contribution in [0, 0.1) is 23.3 Å². The number of alkyl halides is 5. The van der Waals surface area contributed by atoms with Crippen LogP contribution in [0.3, 0.4) is 0 Å². The van der Waals surface area contributed by atoms with Crippen molar-refractivity contribution in [2.45, 2.75) is 12.3 Å². The van der Waals surface area contributed by atoms with Crippen molar-refractivity contribution in [3.05, 3.63) is 88.5 Å². The highest BCUT2D eigenvalue weighted by atomic mass is 19.4. The molecule has 0 spiro atoms. The summed E-state index contributed by atoms with van der Waals surface area (Å²) in [5.74, 6) is -7.32. The molecule has 0 aliphatic heterocycles. The summed E-state index contributed by atoms with van der Waals surface area (Å²) in [7, 11) is 0. The van der Waals surface area contributed by atoms with E-state index < -0.39 is 69.1 Å². The van der Waals surface area contributed by atoms with Crippen LogP contribution in [0.2, 0.25) is 0 Å². The molecule has 0 bridgehead atoms. The second-order valence-corrected chi connectivity index (χ2v) is 6.43. The van der Waals surface area contributed by atoms with Crippen LogP contribution in [-0.4, -0.2) is 6.29 Å². The summed E-state index contributed by atoms with van der Waals surface area (Å²) < 4.78 is 126. The normalized spacial score (nSPS) is 12.0. The predicted octanol–water partition coefficient (Wildman–Crippen LogP) is 6.87. The SMILES string of the molecule is O=Cc1ccc(C(F)(F)Oc2ccc(-c3cc(F)c(C(F)(F)F)c(F)c3)c(F)c2)cc1F. The fraction of sp³-hybridized carbons (Fsp3) is 0.0952. The summed E-state index contributed by atoms with van der Waals surface area (Å²) >= 11 is 0. The Labute approximate surface area is 173 Å². The number of aldehydes is 1. The second kappa shape index (κ2) is 8.21. The first-order valence-electron chi connectivity index (χ1n) is 8.51. The lowest BCUT2D eigenvalue weighted by atomic mass is 10.0. The molecular formula is C21H9F9O2. The van der Waals surface area contributed by atoms with Gasteiger partial charge >= 0.3 is 12.3 Å². The molecule has 0 saturated carbocycles. The molecule has 2 nitrogen and oxygen atoms in total. The molecule has 0 aromatic heterocycles. The Hall–Kier alpha value is -3.50. The number of ether oxygens (including phenoxy) is 1. The van der Waals surface area contributed by atoms with Gasteiger partial charge in [0.05, 0.1) is 11.1 Å². The van der Waals surface area contributed by atoms with Gasteiger partial charge in [0.2, 0.25) is 0 Å². The van der Waals surface area contributed by atoms with Crippen molar-refractivity contribution in [1.82, 2.24) is 0 Å². The second-order valence-electron chi connectivity index (χ2n) is 6.43. The molecule has 0 aliphatic rings. The van der Waals surface area contributed by atoms with Crippen molar-refractivity contribution in [2.75, 3.05) is 0 Å². The molecule has 0 aliphatic carbocycles. The number of benzene rings is 3. The van der Waals surface area contributed by atoms with Crippen molar-refractivity contribution in [3.63, 3.8) is 0 Å². The minimum atomic E-state index is -5.32. The van der Waals surface area contributed by atoms with Gasteiger partial charge in [-0.25, -0.2) is 17.6 Å². The Morgan fingerprint density at radius 1 is 0.719 bits per heavy atom. The van der Waals surface area contributed by atoms with Crippen LogP contribution < -0.4 is 4.74 Å². The van der Waals surface area contributed by atoms with Crippen LogP contribution in [-0.2, 0) is 12.3 Å². The number of rotatable bonds is 5. The number of hydrogen-bond donors (Lipinski definition) is 0. The van der Waals surface area contributed by atoms with Crippen LogP contribution in [0.5, 0.6) is 5.75 Å². The van der Waals surface area contributed by atoms with Gasteiger partial charge in [0, 0.05) is 11.6 Å². The summed E-state index contributed by atoms with van der Waals surface area (Å²) in [4.78, 5) is 10.6. The molecule has 11 heteroatoms. The monoisotopic (exact) mass is 464 g/mol. The first kappa shape index (κ1) is 23.2. The third-order valence-electron chi connectivity index (χ3n) is 4.29. The molecule has 3 aromatic rings. The number of halogens is 9. The van der Waals surface area contributed by atoms with E-state index in [0.717, 1.165) is 18.2 Å². The fourth-order valence-electron chi connectivity index (χ4n) is 2.80. The van der Waals surface area contributed by atoms with Gasteiger partial charge in [-0.05, 0) is 48.0 Å². The van der Waals surface area contributed by atoms with Crippen LogP contribution >= 0.6 is 0 Å². The Kier molecular flexibility index (Phi) is 5.94. The molecule has 168 valence electrons. The fourth-order valence-corrected chi connectivity index (χ4v) is 2.80. The van der Waals surface area contributed by atoms with E-state index in [0.29, 0.717) is 18.2 Å². The van der Waals surface area contributed by atoms with E-state index in [-0.39, 0.29) is 18.4 Å². The Balaban J connectivity index is 1.92. The lowest BCUT2D eigenvalue weighted by Crippen LogP contribution is -2.22. The maximum atomic E-state index is 14.4. The van der Waals surface area contributed by atoms with E-state index in [1.165, 1.54) is 0 Å². The Morgan fingerprint density at radius 2 is 1.34 bits per heavy atom. The summed E-state index contributed by atoms with van der Waals surface area (Å²) in [6, 6.07) is 4.29. The predicted molar refractivity (Wildman–Crippen MR) is 93.1 cm³/mol. The summed E-state index contributed by atoms with van der Waals surface area (Å²) in [5, 5.41) is 0. The van der Waals surface area contributed by atoms with E-state index in [1.54, 1.807) is 0 Å². The molecule has 32 heavy (non-hydrogen) atoms. The van der Waals surface area contributed by atoms with E-state index >= 15 is 0 Å². The third-order valence-corrected chi connectivity index (χ3v) is 4.29. The Bertz CT molecular complexity index is 1160. The number of carbonyl (C=O) groups is 1. The molecule has 3 rings (SSSR count). The lowest BCUT2D eigenvalue weighted by molar-refractivity contribution is -0.185. The van der Waals surface area contributed by atoms with Gasteiger partial charge in [0.1, 0.15) is 34.6 Å². The molecule has 0 radical (unpaired) electrons. The topological polar surface area (TPSA) is 26.3 Å². The van der Waals surface area contributed by atoms with Crippen molar-refractivity contribution in [2.24, 2.45) is 0 Å². The molecule has 0 unspecified atom stereocenters. The van der Waals surface area contributed by atoms with Gasteiger partial charge in [0.15, 0.2) is 6.29 Å². The van der Waals surface area contributed by atoms with Crippen LogP contribution in [0.4, 0.5) is 39.5 Å². The third kappa shape index (κ3) is 4.56. The molecular weight excluding hydrogens is 455 g/mol. The quantitative estimate of drug-likeness (QED) is 0.304. The largest absolute Gasteiger partial charge is 0.429 e. The zero-order valence-corrected chi connectivity index (χ0v) is 15.4. The lowest BCUT2D eigenvalue weighted by Gasteiger charge is -2.19. The van der Waals surface area contributed by atoms with Gasteiger partial charge in [-0.2, -0.15) is 22.0 Å².